The fourth-order valence-corrected chi connectivity index (χ4v) is 3.59. The summed E-state index contributed by atoms with van der Waals surface area (Å²) in [4.78, 5) is 0. The first kappa shape index (κ1) is 11.2. The fraction of sp³-hybridized carbons (Fsp3) is 0.429. The van der Waals surface area contributed by atoms with Crippen molar-refractivity contribution in [2.75, 3.05) is 13.2 Å². The number of thiophene rings is 1. The zero-order valence-electron chi connectivity index (χ0n) is 9.76. The number of hydrogen-bond acceptors (Lipinski definition) is 3. The van der Waals surface area contributed by atoms with Crippen molar-refractivity contribution in [3.63, 3.8) is 0 Å². The number of ether oxygens (including phenoxy) is 1. The average Bonchev–Trinajstić information content (AvgIpc) is 2.83. The number of nitrogens with two attached hydrogens (primary N) is 1. The zero-order valence-corrected chi connectivity index (χ0v) is 10.6. The molecule has 1 aliphatic heterocycles. The second-order valence-electron chi connectivity index (χ2n) is 4.66. The quantitative estimate of drug-likeness (QED) is 0.883. The van der Waals surface area contributed by atoms with Crippen LogP contribution < -0.4 is 5.73 Å². The molecule has 0 aliphatic carbocycles. The van der Waals surface area contributed by atoms with E-state index < -0.39 is 0 Å². The lowest BCUT2D eigenvalue weighted by Crippen LogP contribution is -2.27. The van der Waals surface area contributed by atoms with Crippen LogP contribution in [0.4, 0.5) is 0 Å². The van der Waals surface area contributed by atoms with Gasteiger partial charge in [0.05, 0.1) is 0 Å². The van der Waals surface area contributed by atoms with E-state index in [4.69, 9.17) is 10.5 Å². The summed E-state index contributed by atoms with van der Waals surface area (Å²) in [6.07, 6.45) is 2.18. The molecule has 0 spiro atoms. The summed E-state index contributed by atoms with van der Waals surface area (Å²) in [5.74, 6) is 0.571. The molecule has 2 nitrogen and oxygen atoms in total. The second-order valence-corrected chi connectivity index (χ2v) is 5.57. The molecular formula is C14H17NOS. The highest BCUT2D eigenvalue weighted by atomic mass is 32.1. The van der Waals surface area contributed by atoms with Gasteiger partial charge in [0.15, 0.2) is 0 Å². The predicted molar refractivity (Wildman–Crippen MR) is 72.3 cm³/mol. The summed E-state index contributed by atoms with van der Waals surface area (Å²) in [5.41, 5.74) is 7.75. The molecule has 1 aliphatic rings. The van der Waals surface area contributed by atoms with Crippen LogP contribution in [0.15, 0.2) is 29.6 Å². The largest absolute Gasteiger partial charge is 0.381 e. The molecule has 0 bridgehead atoms. The maximum absolute atomic E-state index is 6.43. The Morgan fingerprint density at radius 2 is 2.00 bits per heavy atom. The van der Waals surface area contributed by atoms with Crippen molar-refractivity contribution in [2.24, 2.45) is 11.7 Å². The van der Waals surface area contributed by atoms with Crippen LogP contribution >= 0.6 is 11.3 Å². The monoisotopic (exact) mass is 247 g/mol. The molecule has 1 aromatic carbocycles. The number of fused-ring (bicyclic) bond motifs is 1. The Kier molecular flexibility index (Phi) is 3.14. The van der Waals surface area contributed by atoms with E-state index >= 15 is 0 Å². The van der Waals surface area contributed by atoms with Crippen LogP contribution in [-0.2, 0) is 4.74 Å². The van der Waals surface area contributed by atoms with E-state index in [0.717, 1.165) is 26.1 Å². The topological polar surface area (TPSA) is 35.2 Å². The molecule has 0 unspecified atom stereocenters. The van der Waals surface area contributed by atoms with Crippen LogP contribution in [0.25, 0.3) is 10.1 Å². The Bertz CT molecular complexity index is 502. The molecule has 2 heterocycles. The standard InChI is InChI=1S/C14H17NOS/c15-14(10-5-7-16-8-6-10)12-9-17-13-4-2-1-3-11(12)13/h1-4,9-10,14H,5-8,15H2/t14-/m0/s1. The lowest BCUT2D eigenvalue weighted by atomic mass is 9.88. The van der Waals surface area contributed by atoms with Crippen LogP contribution in [0.5, 0.6) is 0 Å². The molecule has 3 heteroatoms. The summed E-state index contributed by atoms with van der Waals surface area (Å²) in [5, 5.41) is 3.56. The molecule has 1 fully saturated rings. The van der Waals surface area contributed by atoms with E-state index in [0.29, 0.717) is 5.92 Å². The van der Waals surface area contributed by atoms with E-state index in [2.05, 4.69) is 29.6 Å². The summed E-state index contributed by atoms with van der Waals surface area (Å²) >= 11 is 1.80. The summed E-state index contributed by atoms with van der Waals surface area (Å²) in [7, 11) is 0. The van der Waals surface area contributed by atoms with E-state index in [1.165, 1.54) is 15.6 Å². The Morgan fingerprint density at radius 1 is 1.24 bits per heavy atom. The van der Waals surface area contributed by atoms with Crippen LogP contribution in [0.3, 0.4) is 0 Å². The Balaban J connectivity index is 1.92. The first-order chi connectivity index (χ1) is 8.36. The highest BCUT2D eigenvalue weighted by molar-refractivity contribution is 7.17. The maximum atomic E-state index is 6.43. The molecule has 1 atom stereocenters. The average molecular weight is 247 g/mol. The molecule has 0 amide bonds. The molecule has 2 N–H and O–H groups in total. The van der Waals surface area contributed by atoms with Gasteiger partial charge in [-0.05, 0) is 41.2 Å². The first-order valence-electron chi connectivity index (χ1n) is 6.16. The lowest BCUT2D eigenvalue weighted by Gasteiger charge is -2.27. The van der Waals surface area contributed by atoms with Crippen molar-refractivity contribution in [1.29, 1.82) is 0 Å². The van der Waals surface area contributed by atoms with Crippen molar-refractivity contribution < 1.29 is 4.74 Å². The van der Waals surface area contributed by atoms with E-state index in [9.17, 15) is 0 Å². The van der Waals surface area contributed by atoms with Crippen LogP contribution in [-0.4, -0.2) is 13.2 Å². The highest BCUT2D eigenvalue weighted by Gasteiger charge is 2.24. The molecule has 17 heavy (non-hydrogen) atoms. The van der Waals surface area contributed by atoms with Gasteiger partial charge < -0.3 is 10.5 Å². The number of benzene rings is 1. The fourth-order valence-electron chi connectivity index (χ4n) is 2.59. The Hall–Kier alpha value is -0.900. The minimum Gasteiger partial charge on any atom is -0.381 e. The first-order valence-corrected chi connectivity index (χ1v) is 7.03. The van der Waals surface area contributed by atoms with Gasteiger partial charge in [0.1, 0.15) is 0 Å². The van der Waals surface area contributed by atoms with Gasteiger partial charge >= 0.3 is 0 Å². The third-order valence-electron chi connectivity index (χ3n) is 3.64. The molecule has 3 rings (SSSR count). The van der Waals surface area contributed by atoms with Crippen molar-refractivity contribution in [1.82, 2.24) is 0 Å². The van der Waals surface area contributed by atoms with E-state index in [1.807, 2.05) is 0 Å². The van der Waals surface area contributed by atoms with Crippen LogP contribution in [0.1, 0.15) is 24.4 Å². The Labute approximate surface area is 105 Å². The maximum Gasteiger partial charge on any atom is 0.0469 e. The summed E-state index contributed by atoms with van der Waals surface area (Å²) < 4.78 is 6.74. The second kappa shape index (κ2) is 4.77. The third-order valence-corrected chi connectivity index (χ3v) is 4.63. The van der Waals surface area contributed by atoms with Gasteiger partial charge in [-0.3, -0.25) is 0 Å². The predicted octanol–water partition coefficient (Wildman–Crippen LogP) is 3.33. The molecule has 0 saturated carbocycles. The van der Waals surface area contributed by atoms with Crippen LogP contribution in [0.2, 0.25) is 0 Å². The summed E-state index contributed by atoms with van der Waals surface area (Å²) in [6.45, 7) is 1.72. The van der Waals surface area contributed by atoms with E-state index in [1.54, 1.807) is 11.3 Å². The van der Waals surface area contributed by atoms with Gasteiger partial charge in [0, 0.05) is 24.0 Å². The van der Waals surface area contributed by atoms with Gasteiger partial charge in [0.25, 0.3) is 0 Å². The molecule has 2 aromatic rings. The molecule has 1 saturated heterocycles. The molecule has 0 radical (unpaired) electrons. The number of hydrogen-bond donors (Lipinski definition) is 1. The van der Waals surface area contributed by atoms with Crippen molar-refractivity contribution in [3.05, 3.63) is 35.2 Å². The zero-order chi connectivity index (χ0) is 11.7. The third kappa shape index (κ3) is 2.10. The Morgan fingerprint density at radius 3 is 2.82 bits per heavy atom. The summed E-state index contributed by atoms with van der Waals surface area (Å²) in [6, 6.07) is 8.69. The van der Waals surface area contributed by atoms with Gasteiger partial charge in [-0.15, -0.1) is 11.3 Å². The molecule has 90 valence electrons. The van der Waals surface area contributed by atoms with E-state index in [-0.39, 0.29) is 6.04 Å². The minimum atomic E-state index is 0.162. The minimum absolute atomic E-state index is 0.162. The molecular weight excluding hydrogens is 230 g/mol. The van der Waals surface area contributed by atoms with Gasteiger partial charge in [0.2, 0.25) is 0 Å². The smallest absolute Gasteiger partial charge is 0.0469 e. The van der Waals surface area contributed by atoms with Crippen molar-refractivity contribution >= 4 is 21.4 Å². The van der Waals surface area contributed by atoms with Gasteiger partial charge in [-0.2, -0.15) is 0 Å². The van der Waals surface area contributed by atoms with Crippen LogP contribution in [0, 0.1) is 5.92 Å². The van der Waals surface area contributed by atoms with Crippen molar-refractivity contribution in [3.8, 4) is 0 Å². The normalized spacial score (nSPS) is 19.6. The SMILES string of the molecule is N[C@H](c1csc2ccccc12)C1CCOCC1. The van der Waals surface area contributed by atoms with Crippen molar-refractivity contribution in [2.45, 2.75) is 18.9 Å². The van der Waals surface area contributed by atoms with Gasteiger partial charge in [-0.1, -0.05) is 18.2 Å². The number of rotatable bonds is 2. The highest BCUT2D eigenvalue weighted by Crippen LogP contribution is 2.35. The lowest BCUT2D eigenvalue weighted by molar-refractivity contribution is 0.0585. The molecule has 1 aromatic heterocycles. The van der Waals surface area contributed by atoms with Gasteiger partial charge in [-0.25, -0.2) is 0 Å².